The van der Waals surface area contributed by atoms with Crippen LogP contribution in [-0.2, 0) is 21.7 Å². The number of ether oxygens (including phenoxy) is 1. The van der Waals surface area contributed by atoms with Gasteiger partial charge >= 0.3 is 11.7 Å². The number of rotatable bonds is 6. The lowest BCUT2D eigenvalue weighted by Gasteiger charge is -2.41. The van der Waals surface area contributed by atoms with E-state index in [2.05, 4.69) is 10.3 Å². The number of nitrogens with two attached hydrogens (primary N) is 1. The highest BCUT2D eigenvalue weighted by Gasteiger charge is 2.47. The van der Waals surface area contributed by atoms with Crippen LogP contribution in [0, 0.1) is 17.2 Å². The Kier molecular flexibility index (Phi) is 7.12. The second kappa shape index (κ2) is 10.4. The molecule has 0 spiro atoms. The van der Waals surface area contributed by atoms with Crippen LogP contribution in [-0.4, -0.2) is 50.7 Å². The fourth-order valence-electron chi connectivity index (χ4n) is 5.01. The maximum Gasteiger partial charge on any atom is 0.331 e. The molecule has 3 heterocycles. The van der Waals surface area contributed by atoms with Gasteiger partial charge in [0.2, 0.25) is 0 Å². The van der Waals surface area contributed by atoms with E-state index in [-0.39, 0.29) is 58.8 Å². The molecule has 208 valence electrons. The highest BCUT2D eigenvalue weighted by Crippen LogP contribution is 2.34. The second-order valence-electron chi connectivity index (χ2n) is 10.4. The van der Waals surface area contributed by atoms with Gasteiger partial charge in [-0.25, -0.2) is 14.6 Å². The summed E-state index contributed by atoms with van der Waals surface area (Å²) >= 11 is 6.22. The summed E-state index contributed by atoms with van der Waals surface area (Å²) in [5.41, 5.74) is 3.93. The summed E-state index contributed by atoms with van der Waals surface area (Å²) in [6.07, 6.45) is 3.24. The molecule has 1 atom stereocenters. The number of halogens is 1. The van der Waals surface area contributed by atoms with Crippen LogP contribution < -0.4 is 22.3 Å². The van der Waals surface area contributed by atoms with Crippen LogP contribution in [0.15, 0.2) is 40.1 Å². The average molecular weight is 566 g/mol. The Balaban J connectivity index is 1.58. The van der Waals surface area contributed by atoms with Crippen molar-refractivity contribution in [3.8, 4) is 6.07 Å². The van der Waals surface area contributed by atoms with Gasteiger partial charge in [-0.2, -0.15) is 5.26 Å². The van der Waals surface area contributed by atoms with Crippen LogP contribution in [0.1, 0.15) is 44.0 Å². The highest BCUT2D eigenvalue weighted by molar-refractivity contribution is 6.31. The van der Waals surface area contributed by atoms with E-state index in [0.717, 1.165) is 12.8 Å². The molecule has 1 unspecified atom stereocenters. The van der Waals surface area contributed by atoms with Crippen molar-refractivity contribution in [1.82, 2.24) is 19.0 Å². The number of benzene rings is 1. The van der Waals surface area contributed by atoms with Crippen molar-refractivity contribution in [1.29, 1.82) is 5.26 Å². The van der Waals surface area contributed by atoms with Crippen LogP contribution >= 0.6 is 11.6 Å². The minimum atomic E-state index is -1.75. The number of pyridine rings is 1. The predicted octanol–water partition coefficient (Wildman–Crippen LogP) is 2.32. The third-order valence-electron chi connectivity index (χ3n) is 7.30. The topological polar surface area (TPSA) is 165 Å². The molecular weight excluding hydrogens is 538 g/mol. The van der Waals surface area contributed by atoms with Gasteiger partial charge in [0.25, 0.3) is 11.5 Å². The Labute approximate surface area is 233 Å². The third kappa shape index (κ3) is 4.82. The van der Waals surface area contributed by atoms with Crippen molar-refractivity contribution in [3.05, 3.63) is 67.6 Å². The summed E-state index contributed by atoms with van der Waals surface area (Å²) in [7, 11) is 0. The lowest BCUT2D eigenvalue weighted by Crippen LogP contribution is -2.58. The van der Waals surface area contributed by atoms with Crippen LogP contribution in [0.2, 0.25) is 5.02 Å². The first-order valence-corrected chi connectivity index (χ1v) is 13.3. The smallest absolute Gasteiger partial charge is 0.331 e. The van der Waals surface area contributed by atoms with E-state index < -0.39 is 23.1 Å². The largest absolute Gasteiger partial charge is 0.357 e. The normalized spacial score (nSPS) is 19.0. The minimum absolute atomic E-state index is 0.00175. The number of nitrogens with zero attached hydrogens (tertiary/aromatic N) is 5. The van der Waals surface area contributed by atoms with Gasteiger partial charge in [-0.05, 0) is 56.9 Å². The van der Waals surface area contributed by atoms with E-state index in [1.165, 1.54) is 27.8 Å². The van der Waals surface area contributed by atoms with Crippen molar-refractivity contribution in [2.75, 3.05) is 25.0 Å². The van der Waals surface area contributed by atoms with Gasteiger partial charge in [-0.1, -0.05) is 11.6 Å². The number of amides is 3. The number of urea groups is 1. The van der Waals surface area contributed by atoms with Crippen LogP contribution in [0.4, 0.5) is 10.5 Å². The van der Waals surface area contributed by atoms with Crippen molar-refractivity contribution < 1.29 is 14.3 Å². The molecule has 2 aliphatic rings. The molecule has 2 fully saturated rings. The standard InChI is InChI=1S/C27H28ClN7O5/c1-15(2)35-22-6-5-18(10-19(22)23(36)34(26(35)39)13-16-3-4-16)32-24(37)27(14-33(25(30)38)7-8-40-27)17-9-20(28)21(11-29)31-12-17/h5-6,9-10,12,15-16H,3-4,7-8,13-14H2,1-2H3,(H2,30,38)(H,32,37). The molecule has 13 heteroatoms. The van der Waals surface area contributed by atoms with Crippen LogP contribution in [0.25, 0.3) is 10.9 Å². The molecule has 1 saturated heterocycles. The Morgan fingerprint density at radius 1 is 1.30 bits per heavy atom. The maximum absolute atomic E-state index is 13.9. The monoisotopic (exact) mass is 565 g/mol. The number of nitrogens with one attached hydrogen (secondary N) is 1. The van der Waals surface area contributed by atoms with Gasteiger partial charge in [-0.3, -0.25) is 18.7 Å². The first-order chi connectivity index (χ1) is 19.1. The molecule has 1 aliphatic carbocycles. The molecule has 1 aromatic carbocycles. The summed E-state index contributed by atoms with van der Waals surface area (Å²) in [5.74, 6) is -0.355. The van der Waals surface area contributed by atoms with E-state index in [9.17, 15) is 24.4 Å². The number of hydrogen-bond donors (Lipinski definition) is 2. The fourth-order valence-corrected chi connectivity index (χ4v) is 5.22. The number of hydrogen-bond acceptors (Lipinski definition) is 7. The molecule has 40 heavy (non-hydrogen) atoms. The molecule has 1 aliphatic heterocycles. The number of primary amides is 1. The number of anilines is 1. The maximum atomic E-state index is 13.9. The quantitative estimate of drug-likeness (QED) is 0.462. The number of aromatic nitrogens is 3. The molecule has 1 saturated carbocycles. The summed E-state index contributed by atoms with van der Waals surface area (Å²) in [6, 6.07) is 7.08. The average Bonchev–Trinajstić information content (AvgIpc) is 3.75. The highest BCUT2D eigenvalue weighted by atomic mass is 35.5. The SMILES string of the molecule is CC(C)n1c(=O)n(CC2CC2)c(=O)c2cc(NC(=O)C3(c4cnc(C#N)c(Cl)c4)CN(C(N)=O)CCO3)ccc21. The number of carbonyl (C=O) groups excluding carboxylic acids is 2. The zero-order chi connectivity index (χ0) is 28.8. The van der Waals surface area contributed by atoms with Gasteiger partial charge in [0.05, 0.1) is 29.1 Å². The van der Waals surface area contributed by atoms with Crippen molar-refractivity contribution in [3.63, 3.8) is 0 Å². The Morgan fingerprint density at radius 2 is 2.05 bits per heavy atom. The lowest BCUT2D eigenvalue weighted by atomic mass is 9.91. The number of fused-ring (bicyclic) bond motifs is 1. The van der Waals surface area contributed by atoms with Crippen molar-refractivity contribution in [2.24, 2.45) is 11.7 Å². The Hall–Kier alpha value is -4.21. The molecule has 0 radical (unpaired) electrons. The van der Waals surface area contributed by atoms with Gasteiger partial charge < -0.3 is 20.7 Å². The lowest BCUT2D eigenvalue weighted by molar-refractivity contribution is -0.153. The summed E-state index contributed by atoms with van der Waals surface area (Å²) < 4.78 is 8.83. The van der Waals surface area contributed by atoms with Gasteiger partial charge in [0.1, 0.15) is 6.07 Å². The molecular formula is C27H28ClN7O5. The van der Waals surface area contributed by atoms with Gasteiger partial charge in [0, 0.05) is 36.6 Å². The first-order valence-electron chi connectivity index (χ1n) is 12.9. The van der Waals surface area contributed by atoms with Crippen LogP contribution in [0.5, 0.6) is 0 Å². The number of nitriles is 1. The van der Waals surface area contributed by atoms with E-state index in [1.807, 2.05) is 19.9 Å². The fraction of sp³-hybridized carbons (Fsp3) is 0.407. The number of morpholine rings is 1. The molecule has 3 amide bonds. The molecule has 5 rings (SSSR count). The zero-order valence-corrected chi connectivity index (χ0v) is 22.8. The van der Waals surface area contributed by atoms with Crippen molar-refractivity contribution >= 4 is 40.1 Å². The van der Waals surface area contributed by atoms with Gasteiger partial charge in [0.15, 0.2) is 11.3 Å². The Bertz CT molecular complexity index is 1690. The summed E-state index contributed by atoms with van der Waals surface area (Å²) in [6.45, 7) is 4.03. The predicted molar refractivity (Wildman–Crippen MR) is 147 cm³/mol. The number of carbonyl (C=O) groups is 2. The molecule has 2 aromatic heterocycles. The van der Waals surface area contributed by atoms with Crippen molar-refractivity contribution in [2.45, 2.75) is 44.9 Å². The van der Waals surface area contributed by atoms with Gasteiger partial charge in [-0.15, -0.1) is 0 Å². The van der Waals surface area contributed by atoms with Crippen LogP contribution in [0.3, 0.4) is 0 Å². The molecule has 12 nitrogen and oxygen atoms in total. The minimum Gasteiger partial charge on any atom is -0.357 e. The van der Waals surface area contributed by atoms with E-state index in [0.29, 0.717) is 18.0 Å². The Morgan fingerprint density at radius 3 is 2.67 bits per heavy atom. The molecule has 3 N–H and O–H groups in total. The first kappa shape index (κ1) is 27.4. The van der Waals surface area contributed by atoms with E-state index >= 15 is 0 Å². The van der Waals surface area contributed by atoms with E-state index in [1.54, 1.807) is 16.7 Å². The molecule has 3 aromatic rings. The summed E-state index contributed by atoms with van der Waals surface area (Å²) in [4.78, 5) is 57.9. The summed E-state index contributed by atoms with van der Waals surface area (Å²) in [5, 5.41) is 12.3. The second-order valence-corrected chi connectivity index (χ2v) is 10.8. The molecule has 0 bridgehead atoms. The third-order valence-corrected chi connectivity index (χ3v) is 7.58. The van der Waals surface area contributed by atoms with E-state index in [4.69, 9.17) is 22.1 Å². The zero-order valence-electron chi connectivity index (χ0n) is 22.0.